The molecule has 0 fully saturated rings. The lowest BCUT2D eigenvalue weighted by atomic mass is 10.1. The molecule has 0 atom stereocenters. The van der Waals surface area contributed by atoms with Gasteiger partial charge in [-0.3, -0.25) is 4.79 Å². The fraction of sp³-hybridized carbons (Fsp3) is 0.182. The largest absolute Gasteiger partial charge is 0.497 e. The van der Waals surface area contributed by atoms with E-state index in [9.17, 15) is 9.59 Å². The summed E-state index contributed by atoms with van der Waals surface area (Å²) >= 11 is 6.17. The normalized spacial score (nSPS) is 10.4. The molecule has 0 aromatic heterocycles. The lowest BCUT2D eigenvalue weighted by Crippen LogP contribution is -2.29. The molecule has 6 nitrogen and oxygen atoms in total. The third kappa shape index (κ3) is 5.62. The molecule has 7 heteroatoms. The summed E-state index contributed by atoms with van der Waals surface area (Å²) in [5, 5.41) is 4.91. The van der Waals surface area contributed by atoms with Crippen molar-refractivity contribution in [2.24, 2.45) is 0 Å². The van der Waals surface area contributed by atoms with Gasteiger partial charge < -0.3 is 19.5 Å². The third-order valence-electron chi connectivity index (χ3n) is 4.16. The molecule has 0 aliphatic heterocycles. The molecule has 0 unspecified atom stereocenters. The first-order valence-corrected chi connectivity index (χ1v) is 9.30. The zero-order valence-corrected chi connectivity index (χ0v) is 16.6. The number of benzene rings is 3. The molecule has 0 saturated carbocycles. The molecular weight excluding hydrogens is 394 g/mol. The molecule has 0 spiro atoms. The number of hydrogen-bond donors (Lipinski definition) is 1. The molecule has 3 rings (SSSR count). The van der Waals surface area contributed by atoms with E-state index in [0.717, 1.165) is 16.3 Å². The number of esters is 1. The molecule has 1 N–H and O–H groups in total. The second-order valence-electron chi connectivity index (χ2n) is 6.17. The third-order valence-corrected chi connectivity index (χ3v) is 4.49. The molecule has 0 radical (unpaired) electrons. The minimum Gasteiger partial charge on any atom is -0.497 e. The zero-order valence-electron chi connectivity index (χ0n) is 15.8. The van der Waals surface area contributed by atoms with Crippen LogP contribution in [0.5, 0.6) is 11.5 Å². The van der Waals surface area contributed by atoms with E-state index in [1.54, 1.807) is 19.2 Å². The van der Waals surface area contributed by atoms with Gasteiger partial charge in [0.2, 0.25) is 0 Å². The maximum atomic E-state index is 11.9. The van der Waals surface area contributed by atoms with E-state index in [4.69, 9.17) is 25.8 Å². The Morgan fingerprint density at radius 2 is 1.76 bits per heavy atom. The number of rotatable bonds is 8. The molecule has 3 aromatic rings. The molecule has 3 aromatic carbocycles. The Morgan fingerprint density at radius 3 is 2.55 bits per heavy atom. The molecule has 0 bridgehead atoms. The number of amides is 1. The maximum Gasteiger partial charge on any atom is 0.344 e. The van der Waals surface area contributed by atoms with E-state index in [2.05, 4.69) is 5.32 Å². The van der Waals surface area contributed by atoms with Crippen molar-refractivity contribution in [2.75, 3.05) is 20.3 Å². The molecule has 29 heavy (non-hydrogen) atoms. The number of carbonyl (C=O) groups is 2. The average Bonchev–Trinajstić information content (AvgIpc) is 2.76. The summed E-state index contributed by atoms with van der Waals surface area (Å²) in [5.74, 6) is 0.179. The highest BCUT2D eigenvalue weighted by Crippen LogP contribution is 2.31. The van der Waals surface area contributed by atoms with Crippen molar-refractivity contribution in [3.63, 3.8) is 0 Å². The lowest BCUT2D eigenvalue weighted by Gasteiger charge is -2.10. The van der Waals surface area contributed by atoms with Crippen molar-refractivity contribution in [1.82, 2.24) is 5.32 Å². The predicted octanol–water partition coefficient (Wildman–Crippen LogP) is 3.74. The topological polar surface area (TPSA) is 73.9 Å². The van der Waals surface area contributed by atoms with E-state index >= 15 is 0 Å². The van der Waals surface area contributed by atoms with Gasteiger partial charge in [0.15, 0.2) is 13.2 Å². The highest BCUT2D eigenvalue weighted by molar-refractivity contribution is 6.35. The molecule has 0 heterocycles. The zero-order chi connectivity index (χ0) is 20.6. The monoisotopic (exact) mass is 413 g/mol. The van der Waals surface area contributed by atoms with Gasteiger partial charge in [-0.15, -0.1) is 0 Å². The van der Waals surface area contributed by atoms with E-state index in [1.165, 1.54) is 0 Å². The van der Waals surface area contributed by atoms with Crippen molar-refractivity contribution in [2.45, 2.75) is 6.54 Å². The van der Waals surface area contributed by atoms with Gasteiger partial charge in [0.05, 0.1) is 7.11 Å². The van der Waals surface area contributed by atoms with Crippen LogP contribution >= 0.6 is 11.6 Å². The van der Waals surface area contributed by atoms with Crippen LogP contribution in [0.15, 0.2) is 60.7 Å². The first-order chi connectivity index (χ1) is 14.1. The lowest BCUT2D eigenvalue weighted by molar-refractivity contribution is -0.150. The molecule has 1 amide bonds. The van der Waals surface area contributed by atoms with Gasteiger partial charge in [-0.05, 0) is 29.8 Å². The van der Waals surface area contributed by atoms with Crippen molar-refractivity contribution < 1.29 is 23.8 Å². The Kier molecular flexibility index (Phi) is 6.92. The fourth-order valence-corrected chi connectivity index (χ4v) is 2.95. The van der Waals surface area contributed by atoms with Gasteiger partial charge in [-0.25, -0.2) is 4.79 Å². The minimum absolute atomic E-state index is 0.306. The maximum absolute atomic E-state index is 11.9. The fourth-order valence-electron chi connectivity index (χ4n) is 2.72. The van der Waals surface area contributed by atoms with Crippen LogP contribution in [0, 0.1) is 0 Å². The van der Waals surface area contributed by atoms with E-state index in [-0.39, 0.29) is 13.2 Å². The quantitative estimate of drug-likeness (QED) is 0.569. The van der Waals surface area contributed by atoms with E-state index < -0.39 is 11.9 Å². The highest BCUT2D eigenvalue weighted by atomic mass is 35.5. The van der Waals surface area contributed by atoms with Crippen LogP contribution in [-0.4, -0.2) is 32.2 Å². The number of nitrogens with one attached hydrogen (secondary N) is 1. The van der Waals surface area contributed by atoms with Crippen LogP contribution in [0.4, 0.5) is 0 Å². The van der Waals surface area contributed by atoms with Crippen LogP contribution in [0.3, 0.4) is 0 Å². The van der Waals surface area contributed by atoms with Crippen molar-refractivity contribution in [3.05, 3.63) is 71.2 Å². The summed E-state index contributed by atoms with van der Waals surface area (Å²) in [6.45, 7) is -0.386. The SMILES string of the molecule is COc1cccc(CNC(=O)COC(=O)COc2ccc(Cl)c3ccccc23)c1. The smallest absolute Gasteiger partial charge is 0.344 e. The van der Waals surface area contributed by atoms with Gasteiger partial charge in [0, 0.05) is 22.3 Å². The number of halogens is 1. The first-order valence-electron chi connectivity index (χ1n) is 8.92. The van der Waals surface area contributed by atoms with E-state index in [0.29, 0.717) is 23.1 Å². The first kappa shape index (κ1) is 20.5. The standard InChI is InChI=1S/C22H20ClNO5/c1-27-16-6-4-5-15(11-16)12-24-21(25)13-29-22(26)14-28-20-10-9-19(23)17-7-2-3-8-18(17)20/h2-11H,12-14H2,1H3,(H,24,25). The minimum atomic E-state index is -0.638. The Bertz CT molecular complexity index is 1020. The second-order valence-corrected chi connectivity index (χ2v) is 6.58. The average molecular weight is 414 g/mol. The van der Waals surface area contributed by atoms with E-state index in [1.807, 2.05) is 48.5 Å². The summed E-state index contributed by atoms with van der Waals surface area (Å²) in [7, 11) is 1.58. The molecular formula is C22H20ClNO5. The number of fused-ring (bicyclic) bond motifs is 1. The summed E-state index contributed by atoms with van der Waals surface area (Å²) in [6.07, 6.45) is 0. The highest BCUT2D eigenvalue weighted by Gasteiger charge is 2.11. The Morgan fingerprint density at radius 1 is 0.966 bits per heavy atom. The van der Waals surface area contributed by atoms with Gasteiger partial charge >= 0.3 is 5.97 Å². The van der Waals surface area contributed by atoms with Crippen molar-refractivity contribution in [1.29, 1.82) is 0 Å². The number of methoxy groups -OCH3 is 1. The van der Waals surface area contributed by atoms with Gasteiger partial charge in [0.25, 0.3) is 5.91 Å². The Hall–Kier alpha value is -3.25. The summed E-state index contributed by atoms with van der Waals surface area (Å²) in [4.78, 5) is 23.8. The molecule has 0 saturated heterocycles. The summed E-state index contributed by atoms with van der Waals surface area (Å²) in [5.41, 5.74) is 0.877. The van der Waals surface area contributed by atoms with Crippen LogP contribution in [-0.2, 0) is 20.9 Å². The number of carbonyl (C=O) groups excluding carboxylic acids is 2. The predicted molar refractivity (Wildman–Crippen MR) is 110 cm³/mol. The number of ether oxygens (including phenoxy) is 3. The van der Waals surface area contributed by atoms with Crippen molar-refractivity contribution in [3.8, 4) is 11.5 Å². The number of hydrogen-bond acceptors (Lipinski definition) is 5. The van der Waals surface area contributed by atoms with Crippen LogP contribution in [0.2, 0.25) is 5.02 Å². The van der Waals surface area contributed by atoms with Gasteiger partial charge in [-0.2, -0.15) is 0 Å². The van der Waals surface area contributed by atoms with Crippen LogP contribution in [0.25, 0.3) is 10.8 Å². The van der Waals surface area contributed by atoms with Gasteiger partial charge in [-0.1, -0.05) is 48.0 Å². The molecule has 0 aliphatic rings. The van der Waals surface area contributed by atoms with Crippen LogP contribution < -0.4 is 14.8 Å². The van der Waals surface area contributed by atoms with Gasteiger partial charge in [0.1, 0.15) is 11.5 Å². The van der Waals surface area contributed by atoms with Crippen LogP contribution in [0.1, 0.15) is 5.56 Å². The Labute approximate surface area is 173 Å². The van der Waals surface area contributed by atoms with Crippen molar-refractivity contribution >= 4 is 34.2 Å². The second kappa shape index (κ2) is 9.80. The molecule has 0 aliphatic carbocycles. The summed E-state index contributed by atoms with van der Waals surface area (Å²) < 4.78 is 15.6. The molecule has 150 valence electrons. The Balaban J connectivity index is 1.45. The summed E-state index contributed by atoms with van der Waals surface area (Å²) in [6, 6.07) is 18.2.